The fourth-order valence-corrected chi connectivity index (χ4v) is 2.45. The number of benzene rings is 1. The first-order chi connectivity index (χ1) is 12.0. The van der Waals surface area contributed by atoms with Crippen LogP contribution in [0.2, 0.25) is 0 Å². The Hall–Kier alpha value is -2.89. The van der Waals surface area contributed by atoms with Crippen LogP contribution in [0.25, 0.3) is 0 Å². The number of carbonyl (C=O) groups is 2. The summed E-state index contributed by atoms with van der Waals surface area (Å²) in [6.07, 6.45) is 1.87. The Morgan fingerprint density at radius 1 is 1.16 bits per heavy atom. The zero-order valence-corrected chi connectivity index (χ0v) is 14.3. The SMILES string of the molecule is CCC[C@H](NC(=O)[C@@H](C)OC(=O)c1cccc[n+]1[O-])c1ccccc1. The van der Waals surface area contributed by atoms with Crippen LogP contribution < -0.4 is 10.0 Å². The van der Waals surface area contributed by atoms with Crippen molar-refractivity contribution in [3.05, 3.63) is 71.2 Å². The predicted molar refractivity (Wildman–Crippen MR) is 92.5 cm³/mol. The summed E-state index contributed by atoms with van der Waals surface area (Å²) < 4.78 is 5.54. The van der Waals surface area contributed by atoms with Crippen LogP contribution >= 0.6 is 0 Å². The minimum atomic E-state index is -1.00. The second-order valence-electron chi connectivity index (χ2n) is 5.72. The summed E-state index contributed by atoms with van der Waals surface area (Å²) in [5.41, 5.74) is 0.840. The Labute approximate surface area is 147 Å². The van der Waals surface area contributed by atoms with Crippen molar-refractivity contribution in [3.63, 3.8) is 0 Å². The van der Waals surface area contributed by atoms with E-state index in [0.29, 0.717) is 4.73 Å². The van der Waals surface area contributed by atoms with Gasteiger partial charge in [-0.25, -0.2) is 4.79 Å². The van der Waals surface area contributed by atoms with Crippen molar-refractivity contribution < 1.29 is 19.1 Å². The molecule has 0 spiro atoms. The number of pyridine rings is 1. The van der Waals surface area contributed by atoms with Crippen LogP contribution in [0.4, 0.5) is 0 Å². The lowest BCUT2D eigenvalue weighted by Crippen LogP contribution is -2.40. The molecule has 1 N–H and O–H groups in total. The molecule has 0 radical (unpaired) electrons. The lowest BCUT2D eigenvalue weighted by molar-refractivity contribution is -0.608. The van der Waals surface area contributed by atoms with Gasteiger partial charge in [0, 0.05) is 12.1 Å². The van der Waals surface area contributed by atoms with E-state index in [1.807, 2.05) is 37.3 Å². The van der Waals surface area contributed by atoms with E-state index in [4.69, 9.17) is 4.74 Å². The largest absolute Gasteiger partial charge is 0.618 e. The molecule has 0 fully saturated rings. The molecule has 6 heteroatoms. The van der Waals surface area contributed by atoms with Gasteiger partial charge in [0.15, 0.2) is 12.3 Å². The Balaban J connectivity index is 2.01. The molecular weight excluding hydrogens is 320 g/mol. The number of rotatable bonds is 7. The normalized spacial score (nSPS) is 12.9. The highest BCUT2D eigenvalue weighted by Crippen LogP contribution is 2.18. The zero-order chi connectivity index (χ0) is 18.2. The van der Waals surface area contributed by atoms with Crippen molar-refractivity contribution in [3.8, 4) is 0 Å². The monoisotopic (exact) mass is 342 g/mol. The van der Waals surface area contributed by atoms with Crippen LogP contribution in [-0.4, -0.2) is 18.0 Å². The predicted octanol–water partition coefficient (Wildman–Crippen LogP) is 2.52. The molecule has 0 bridgehead atoms. The fourth-order valence-electron chi connectivity index (χ4n) is 2.45. The number of nitrogens with one attached hydrogen (secondary N) is 1. The summed E-state index contributed by atoms with van der Waals surface area (Å²) in [6.45, 7) is 3.52. The van der Waals surface area contributed by atoms with E-state index in [-0.39, 0.29) is 11.7 Å². The first-order valence-corrected chi connectivity index (χ1v) is 8.27. The van der Waals surface area contributed by atoms with Crippen LogP contribution in [0.3, 0.4) is 0 Å². The minimum absolute atomic E-state index is 0.152. The highest BCUT2D eigenvalue weighted by atomic mass is 16.6. The van der Waals surface area contributed by atoms with Crippen molar-refractivity contribution in [2.24, 2.45) is 0 Å². The standard InChI is InChI=1S/C19H22N2O4/c1-3-9-16(15-10-5-4-6-11-15)20-18(22)14(2)25-19(23)17-12-7-8-13-21(17)24/h4-8,10-14,16H,3,9H2,1-2H3,(H,20,22)/t14-,16+/m1/s1. The van der Waals surface area contributed by atoms with Crippen molar-refractivity contribution in [2.75, 3.05) is 0 Å². The number of carbonyl (C=O) groups excluding carboxylic acids is 2. The van der Waals surface area contributed by atoms with E-state index >= 15 is 0 Å². The Bertz CT molecular complexity index is 718. The summed E-state index contributed by atoms with van der Waals surface area (Å²) in [5.74, 6) is -1.23. The van der Waals surface area contributed by atoms with E-state index in [1.165, 1.54) is 25.3 Å². The molecule has 0 aliphatic rings. The molecule has 0 aliphatic carbocycles. The van der Waals surface area contributed by atoms with Crippen molar-refractivity contribution in [1.82, 2.24) is 5.32 Å². The quantitative estimate of drug-likeness (QED) is 0.476. The van der Waals surface area contributed by atoms with Crippen molar-refractivity contribution in [1.29, 1.82) is 0 Å². The molecule has 132 valence electrons. The maximum absolute atomic E-state index is 12.4. The van der Waals surface area contributed by atoms with Crippen molar-refractivity contribution >= 4 is 11.9 Å². The van der Waals surface area contributed by atoms with Crippen LogP contribution in [0, 0.1) is 5.21 Å². The van der Waals surface area contributed by atoms with E-state index in [9.17, 15) is 14.8 Å². The van der Waals surface area contributed by atoms with Crippen LogP contribution in [0.5, 0.6) is 0 Å². The van der Waals surface area contributed by atoms with Gasteiger partial charge in [-0.05, 0) is 25.0 Å². The van der Waals surface area contributed by atoms with Gasteiger partial charge in [0.2, 0.25) is 0 Å². The van der Waals surface area contributed by atoms with Gasteiger partial charge in [0.05, 0.1) is 6.04 Å². The van der Waals surface area contributed by atoms with Crippen LogP contribution in [0.15, 0.2) is 54.7 Å². The number of amides is 1. The van der Waals surface area contributed by atoms with Gasteiger partial charge in [0.1, 0.15) is 0 Å². The summed E-state index contributed by atoms with van der Waals surface area (Å²) in [7, 11) is 0. The summed E-state index contributed by atoms with van der Waals surface area (Å²) in [4.78, 5) is 24.4. The number of esters is 1. The molecule has 25 heavy (non-hydrogen) atoms. The first-order valence-electron chi connectivity index (χ1n) is 8.27. The third-order valence-electron chi connectivity index (χ3n) is 3.78. The topological polar surface area (TPSA) is 82.3 Å². The average Bonchev–Trinajstić information content (AvgIpc) is 2.62. The maximum atomic E-state index is 12.4. The highest BCUT2D eigenvalue weighted by Gasteiger charge is 2.25. The zero-order valence-electron chi connectivity index (χ0n) is 14.3. The van der Waals surface area contributed by atoms with E-state index in [1.54, 1.807) is 6.07 Å². The lowest BCUT2D eigenvalue weighted by atomic mass is 10.0. The van der Waals surface area contributed by atoms with Gasteiger partial charge in [0.25, 0.3) is 5.91 Å². The molecule has 0 unspecified atom stereocenters. The Morgan fingerprint density at radius 2 is 1.84 bits per heavy atom. The van der Waals surface area contributed by atoms with E-state index < -0.39 is 18.0 Å². The molecule has 2 aromatic rings. The average molecular weight is 342 g/mol. The fraction of sp³-hybridized carbons (Fsp3) is 0.316. The smallest absolute Gasteiger partial charge is 0.405 e. The van der Waals surface area contributed by atoms with Gasteiger partial charge in [-0.3, -0.25) is 4.79 Å². The van der Waals surface area contributed by atoms with Gasteiger partial charge in [-0.1, -0.05) is 43.7 Å². The number of nitrogens with zero attached hydrogens (tertiary/aromatic N) is 1. The number of aromatic nitrogens is 1. The Kier molecular flexibility index (Phi) is 6.51. The molecule has 0 saturated heterocycles. The number of ether oxygens (including phenoxy) is 1. The molecule has 1 heterocycles. The third-order valence-corrected chi connectivity index (χ3v) is 3.78. The molecule has 6 nitrogen and oxygen atoms in total. The molecule has 1 aromatic heterocycles. The molecule has 2 atom stereocenters. The molecule has 1 aromatic carbocycles. The van der Waals surface area contributed by atoms with Crippen LogP contribution in [-0.2, 0) is 9.53 Å². The number of hydrogen-bond donors (Lipinski definition) is 1. The van der Waals surface area contributed by atoms with Gasteiger partial charge < -0.3 is 15.3 Å². The second kappa shape index (κ2) is 8.82. The third kappa shape index (κ3) is 5.04. The lowest BCUT2D eigenvalue weighted by Gasteiger charge is -2.21. The summed E-state index contributed by atoms with van der Waals surface area (Å²) in [5, 5.41) is 14.5. The van der Waals surface area contributed by atoms with Crippen molar-refractivity contribution in [2.45, 2.75) is 38.8 Å². The van der Waals surface area contributed by atoms with Gasteiger partial charge >= 0.3 is 11.7 Å². The Morgan fingerprint density at radius 3 is 2.48 bits per heavy atom. The molecule has 0 saturated carbocycles. The summed E-state index contributed by atoms with van der Waals surface area (Å²) >= 11 is 0. The molecule has 2 rings (SSSR count). The second-order valence-corrected chi connectivity index (χ2v) is 5.72. The van der Waals surface area contributed by atoms with Crippen LogP contribution in [0.1, 0.15) is 48.8 Å². The highest BCUT2D eigenvalue weighted by molar-refractivity contribution is 5.89. The molecule has 0 aliphatic heterocycles. The van der Waals surface area contributed by atoms with E-state index in [0.717, 1.165) is 18.4 Å². The number of hydrogen-bond acceptors (Lipinski definition) is 4. The summed E-state index contributed by atoms with van der Waals surface area (Å²) in [6, 6.07) is 13.9. The minimum Gasteiger partial charge on any atom is -0.618 e. The molecule has 1 amide bonds. The van der Waals surface area contributed by atoms with Gasteiger partial charge in [-0.2, -0.15) is 4.73 Å². The molecular formula is C19H22N2O4. The van der Waals surface area contributed by atoms with Gasteiger partial charge in [-0.15, -0.1) is 0 Å². The van der Waals surface area contributed by atoms with E-state index in [2.05, 4.69) is 5.32 Å². The maximum Gasteiger partial charge on any atom is 0.405 e. The first kappa shape index (κ1) is 18.4.